The summed E-state index contributed by atoms with van der Waals surface area (Å²) in [5, 5.41) is 0. The van der Waals surface area contributed by atoms with E-state index in [-0.39, 0.29) is 0 Å². The average Bonchev–Trinajstić information content (AvgIpc) is 2.79. The van der Waals surface area contributed by atoms with Crippen molar-refractivity contribution in [1.82, 2.24) is 0 Å². The second-order valence-corrected chi connectivity index (χ2v) is 11.5. The molecule has 0 spiro atoms. The SMILES string of the molecule is CC1=CC/C=C(\C)CC/C=C(\C)CCC1(C)C(=O)C1(C)CC/C(C)=C/CC/C(C)=C/C/C=C/1C. The van der Waals surface area contributed by atoms with Crippen LogP contribution < -0.4 is 0 Å². The molecule has 188 valence electrons. The van der Waals surface area contributed by atoms with Crippen LogP contribution in [-0.4, -0.2) is 5.78 Å². The Kier molecular flexibility index (Phi) is 10.6. The molecule has 0 bridgehead atoms. The van der Waals surface area contributed by atoms with Gasteiger partial charge in [0, 0.05) is 10.8 Å². The van der Waals surface area contributed by atoms with Crippen LogP contribution in [0, 0.1) is 10.8 Å². The Morgan fingerprint density at radius 2 is 0.912 bits per heavy atom. The van der Waals surface area contributed by atoms with Crippen molar-refractivity contribution in [3.05, 3.63) is 69.9 Å². The van der Waals surface area contributed by atoms with Crippen LogP contribution in [0.15, 0.2) is 69.9 Å². The van der Waals surface area contributed by atoms with Crippen LogP contribution in [0.1, 0.15) is 120 Å². The highest BCUT2D eigenvalue weighted by molar-refractivity contribution is 5.94. The maximum Gasteiger partial charge on any atom is 0.152 e. The highest BCUT2D eigenvalue weighted by Crippen LogP contribution is 2.46. The van der Waals surface area contributed by atoms with Gasteiger partial charge >= 0.3 is 0 Å². The first-order chi connectivity index (χ1) is 16.0. The van der Waals surface area contributed by atoms with E-state index in [2.05, 4.69) is 91.8 Å². The van der Waals surface area contributed by atoms with Crippen molar-refractivity contribution < 1.29 is 4.79 Å². The van der Waals surface area contributed by atoms with Gasteiger partial charge in [-0.1, -0.05) is 69.9 Å². The van der Waals surface area contributed by atoms with Crippen LogP contribution in [0.5, 0.6) is 0 Å². The van der Waals surface area contributed by atoms with Gasteiger partial charge in [0.05, 0.1) is 0 Å². The lowest BCUT2D eigenvalue weighted by Gasteiger charge is -2.40. The second kappa shape index (κ2) is 12.7. The van der Waals surface area contributed by atoms with Gasteiger partial charge in [0.25, 0.3) is 0 Å². The largest absolute Gasteiger partial charge is 0.298 e. The van der Waals surface area contributed by atoms with E-state index >= 15 is 0 Å². The molecule has 0 radical (unpaired) electrons. The molecule has 0 N–H and O–H groups in total. The van der Waals surface area contributed by atoms with E-state index < -0.39 is 10.8 Å². The van der Waals surface area contributed by atoms with E-state index in [0.29, 0.717) is 5.78 Å². The fourth-order valence-electron chi connectivity index (χ4n) is 5.31. The zero-order valence-electron chi connectivity index (χ0n) is 23.4. The van der Waals surface area contributed by atoms with Crippen LogP contribution in [0.25, 0.3) is 0 Å². The lowest BCUT2D eigenvalue weighted by Crippen LogP contribution is -2.42. The quantitative estimate of drug-likeness (QED) is 0.373. The summed E-state index contributed by atoms with van der Waals surface area (Å²) in [6, 6.07) is 0. The molecular weight excluding hydrogens is 412 g/mol. The van der Waals surface area contributed by atoms with Gasteiger partial charge in [0.15, 0.2) is 5.78 Å². The first-order valence-corrected chi connectivity index (χ1v) is 13.5. The molecule has 2 aliphatic carbocycles. The number of allylic oxidation sites excluding steroid dienone is 12. The van der Waals surface area contributed by atoms with Gasteiger partial charge in [0.1, 0.15) is 0 Å². The molecule has 0 saturated carbocycles. The molecule has 0 saturated heterocycles. The molecule has 1 nitrogen and oxygen atoms in total. The number of rotatable bonds is 2. The lowest BCUT2D eigenvalue weighted by atomic mass is 9.61. The molecule has 0 amide bonds. The van der Waals surface area contributed by atoms with Crippen molar-refractivity contribution >= 4 is 5.78 Å². The smallest absolute Gasteiger partial charge is 0.152 e. The molecule has 2 aliphatic rings. The minimum atomic E-state index is -0.458. The van der Waals surface area contributed by atoms with Gasteiger partial charge < -0.3 is 0 Å². The lowest BCUT2D eigenvalue weighted by molar-refractivity contribution is -0.134. The van der Waals surface area contributed by atoms with Crippen LogP contribution in [0.4, 0.5) is 0 Å². The summed E-state index contributed by atoms with van der Waals surface area (Å²) in [5.41, 5.74) is 7.26. The molecule has 0 heterocycles. The maximum atomic E-state index is 14.6. The Bertz CT molecular complexity index is 842. The van der Waals surface area contributed by atoms with Crippen LogP contribution in [0.3, 0.4) is 0 Å². The number of hydrogen-bond acceptors (Lipinski definition) is 1. The van der Waals surface area contributed by atoms with Gasteiger partial charge in [-0.05, 0) is 120 Å². The van der Waals surface area contributed by atoms with Crippen LogP contribution in [-0.2, 0) is 4.79 Å². The molecular formula is C33H50O. The Balaban J connectivity index is 2.52. The third-order valence-electron chi connectivity index (χ3n) is 8.63. The average molecular weight is 463 g/mol. The number of Topliss-reactive ketones (excluding diaryl/α,β-unsaturated/α-hetero) is 1. The standard InChI is InChI=1S/C33H50O/c1-25-13-9-15-27(3)21-23-32(7,29(5)19-11-17-25)31(34)33(8)24-22-28(4)16-10-14-26(2)18-12-20-30(33)6/h15-20H,9-14,21-24H2,1-8H3/b25-17+,26-18+,27-15+,28-16+,29-19+,30-20?. The molecule has 0 aromatic heterocycles. The molecule has 0 aromatic rings. The second-order valence-electron chi connectivity index (χ2n) is 11.5. The molecule has 2 atom stereocenters. The highest BCUT2D eigenvalue weighted by Gasteiger charge is 2.46. The summed E-state index contributed by atoms with van der Waals surface area (Å²) in [4.78, 5) is 14.6. The Hall–Kier alpha value is -1.89. The summed E-state index contributed by atoms with van der Waals surface area (Å²) in [6.45, 7) is 17.8. The fraction of sp³-hybridized carbons (Fsp3) is 0.606. The summed E-state index contributed by atoms with van der Waals surface area (Å²) in [7, 11) is 0. The summed E-state index contributed by atoms with van der Waals surface area (Å²) >= 11 is 0. The number of carbonyl (C=O) groups excluding carboxylic acids is 1. The molecule has 2 unspecified atom stereocenters. The Morgan fingerprint density at radius 3 is 1.29 bits per heavy atom. The number of carbonyl (C=O) groups is 1. The van der Waals surface area contributed by atoms with Crippen molar-refractivity contribution in [2.24, 2.45) is 10.8 Å². The first kappa shape index (κ1) is 28.3. The van der Waals surface area contributed by atoms with E-state index in [0.717, 1.165) is 64.2 Å². The highest BCUT2D eigenvalue weighted by atomic mass is 16.1. The monoisotopic (exact) mass is 462 g/mol. The topological polar surface area (TPSA) is 17.1 Å². The third kappa shape index (κ3) is 7.56. The molecule has 2 rings (SSSR count). The maximum absolute atomic E-state index is 14.6. The summed E-state index contributed by atoms with van der Waals surface area (Å²) < 4.78 is 0. The normalized spacial score (nSPS) is 36.5. The van der Waals surface area contributed by atoms with E-state index in [1.807, 2.05) is 0 Å². The molecule has 0 aliphatic heterocycles. The van der Waals surface area contributed by atoms with Crippen molar-refractivity contribution in [1.29, 1.82) is 0 Å². The van der Waals surface area contributed by atoms with Gasteiger partial charge in [-0.2, -0.15) is 0 Å². The predicted molar refractivity (Wildman–Crippen MR) is 150 cm³/mol. The molecule has 0 fully saturated rings. The van der Waals surface area contributed by atoms with E-state index in [1.165, 1.54) is 33.4 Å². The fourth-order valence-corrected chi connectivity index (χ4v) is 5.31. The van der Waals surface area contributed by atoms with E-state index in [1.54, 1.807) is 0 Å². The predicted octanol–water partition coefficient (Wildman–Crippen LogP) is 10.2. The molecule has 1 heteroatoms. The third-order valence-corrected chi connectivity index (χ3v) is 8.63. The minimum absolute atomic E-state index is 0.402. The zero-order chi connectivity index (χ0) is 25.4. The zero-order valence-corrected chi connectivity index (χ0v) is 23.4. The summed E-state index contributed by atoms with van der Waals surface area (Å²) in [5.74, 6) is 0.402. The van der Waals surface area contributed by atoms with Gasteiger partial charge in [-0.25, -0.2) is 0 Å². The van der Waals surface area contributed by atoms with Gasteiger partial charge in [-0.3, -0.25) is 4.79 Å². The minimum Gasteiger partial charge on any atom is -0.298 e. The molecule has 34 heavy (non-hydrogen) atoms. The Morgan fingerprint density at radius 1 is 0.559 bits per heavy atom. The van der Waals surface area contributed by atoms with Gasteiger partial charge in [-0.15, -0.1) is 0 Å². The molecule has 0 aromatic carbocycles. The van der Waals surface area contributed by atoms with Crippen molar-refractivity contribution in [2.45, 2.75) is 120 Å². The van der Waals surface area contributed by atoms with Crippen LogP contribution in [0.2, 0.25) is 0 Å². The van der Waals surface area contributed by atoms with Crippen molar-refractivity contribution in [3.63, 3.8) is 0 Å². The van der Waals surface area contributed by atoms with Crippen molar-refractivity contribution in [3.8, 4) is 0 Å². The van der Waals surface area contributed by atoms with Crippen LogP contribution >= 0.6 is 0 Å². The van der Waals surface area contributed by atoms with E-state index in [9.17, 15) is 4.79 Å². The number of ketones is 1. The Labute approximate surface area is 210 Å². The van der Waals surface area contributed by atoms with Crippen molar-refractivity contribution in [2.75, 3.05) is 0 Å². The number of hydrogen-bond donors (Lipinski definition) is 0. The summed E-state index contributed by atoms with van der Waals surface area (Å²) in [6.07, 6.45) is 24.1. The van der Waals surface area contributed by atoms with E-state index in [4.69, 9.17) is 0 Å². The van der Waals surface area contributed by atoms with Gasteiger partial charge in [0.2, 0.25) is 0 Å². The first-order valence-electron chi connectivity index (χ1n) is 13.5.